The van der Waals surface area contributed by atoms with E-state index in [2.05, 4.69) is 5.32 Å². The molecule has 0 bridgehead atoms. The van der Waals surface area contributed by atoms with E-state index in [9.17, 15) is 9.59 Å². The minimum absolute atomic E-state index is 0.168. The zero-order valence-electron chi connectivity index (χ0n) is 15.1. The fraction of sp³-hybridized carbons (Fsp3) is 0.0909. The van der Waals surface area contributed by atoms with Crippen molar-refractivity contribution in [1.29, 1.82) is 0 Å². The highest BCUT2D eigenvalue weighted by Gasteiger charge is 2.06. The van der Waals surface area contributed by atoms with E-state index in [0.29, 0.717) is 30.0 Å². The van der Waals surface area contributed by atoms with Gasteiger partial charge in [-0.1, -0.05) is 42.5 Å². The molecule has 0 aliphatic carbocycles. The number of hydroxylamine groups is 1. The van der Waals surface area contributed by atoms with Crippen molar-refractivity contribution in [1.82, 2.24) is 10.8 Å². The summed E-state index contributed by atoms with van der Waals surface area (Å²) in [6.07, 6.45) is 0. The van der Waals surface area contributed by atoms with Gasteiger partial charge in [0.1, 0.15) is 12.4 Å². The quantitative estimate of drug-likeness (QED) is 0.335. The standard InChI is InChI=1S/C22H20N2O4/c25-21(18-8-6-17(7-9-18)16-4-2-1-3-5-16)23-14-15-28-20-12-10-19(11-13-20)22(26)24-27/h1-13,27H,14-15H2,(H,23,25)(H,24,26). The number of amides is 2. The second kappa shape index (κ2) is 9.34. The average molecular weight is 376 g/mol. The molecule has 0 aliphatic heterocycles. The van der Waals surface area contributed by atoms with Gasteiger partial charge in [0.2, 0.25) is 0 Å². The van der Waals surface area contributed by atoms with Crippen LogP contribution in [0.15, 0.2) is 78.9 Å². The van der Waals surface area contributed by atoms with Crippen LogP contribution in [0, 0.1) is 0 Å². The van der Waals surface area contributed by atoms with Gasteiger partial charge in [0.25, 0.3) is 11.8 Å². The fourth-order valence-corrected chi connectivity index (χ4v) is 2.65. The Kier molecular flexibility index (Phi) is 6.38. The SMILES string of the molecule is O=C(NO)c1ccc(OCCNC(=O)c2ccc(-c3ccccc3)cc2)cc1. The monoisotopic (exact) mass is 376 g/mol. The lowest BCUT2D eigenvalue weighted by Crippen LogP contribution is -2.28. The normalized spacial score (nSPS) is 10.2. The Hall–Kier alpha value is -3.64. The fourth-order valence-electron chi connectivity index (χ4n) is 2.65. The minimum Gasteiger partial charge on any atom is -0.492 e. The third-order valence-corrected chi connectivity index (χ3v) is 4.13. The molecule has 0 atom stereocenters. The molecule has 28 heavy (non-hydrogen) atoms. The van der Waals surface area contributed by atoms with Crippen LogP contribution in [-0.2, 0) is 0 Å². The molecular weight excluding hydrogens is 356 g/mol. The first-order valence-electron chi connectivity index (χ1n) is 8.78. The van der Waals surface area contributed by atoms with E-state index in [1.807, 2.05) is 42.5 Å². The molecule has 0 aliphatic rings. The summed E-state index contributed by atoms with van der Waals surface area (Å²) in [5.74, 6) is -0.189. The highest BCUT2D eigenvalue weighted by Crippen LogP contribution is 2.19. The van der Waals surface area contributed by atoms with Gasteiger partial charge < -0.3 is 10.1 Å². The zero-order chi connectivity index (χ0) is 19.8. The van der Waals surface area contributed by atoms with Gasteiger partial charge in [-0.2, -0.15) is 0 Å². The number of ether oxygens (including phenoxy) is 1. The molecule has 2 amide bonds. The van der Waals surface area contributed by atoms with Crippen LogP contribution >= 0.6 is 0 Å². The molecule has 0 heterocycles. The van der Waals surface area contributed by atoms with E-state index in [0.717, 1.165) is 11.1 Å². The molecular formula is C22H20N2O4. The summed E-state index contributed by atoms with van der Waals surface area (Å²) in [7, 11) is 0. The van der Waals surface area contributed by atoms with E-state index in [4.69, 9.17) is 9.94 Å². The number of carbonyl (C=O) groups is 2. The summed E-state index contributed by atoms with van der Waals surface area (Å²) in [5, 5.41) is 11.4. The Labute approximate surface area is 162 Å². The van der Waals surface area contributed by atoms with E-state index < -0.39 is 5.91 Å². The summed E-state index contributed by atoms with van der Waals surface area (Å²) in [5.41, 5.74) is 4.63. The third-order valence-electron chi connectivity index (χ3n) is 4.13. The van der Waals surface area contributed by atoms with Crippen molar-refractivity contribution in [3.8, 4) is 16.9 Å². The predicted octanol–water partition coefficient (Wildman–Crippen LogP) is 3.28. The highest BCUT2D eigenvalue weighted by molar-refractivity contribution is 5.94. The van der Waals surface area contributed by atoms with Gasteiger partial charge in [-0.15, -0.1) is 0 Å². The molecule has 6 heteroatoms. The number of nitrogens with one attached hydrogen (secondary N) is 2. The van der Waals surface area contributed by atoms with Crippen LogP contribution in [-0.4, -0.2) is 30.2 Å². The molecule has 142 valence electrons. The largest absolute Gasteiger partial charge is 0.492 e. The lowest BCUT2D eigenvalue weighted by atomic mass is 10.0. The van der Waals surface area contributed by atoms with Gasteiger partial charge >= 0.3 is 0 Å². The summed E-state index contributed by atoms with van der Waals surface area (Å²) in [4.78, 5) is 23.5. The highest BCUT2D eigenvalue weighted by atomic mass is 16.5. The molecule has 0 saturated heterocycles. The van der Waals surface area contributed by atoms with Gasteiger partial charge in [0, 0.05) is 11.1 Å². The van der Waals surface area contributed by atoms with Crippen molar-refractivity contribution in [2.24, 2.45) is 0 Å². The zero-order valence-corrected chi connectivity index (χ0v) is 15.1. The molecule has 0 fully saturated rings. The van der Waals surface area contributed by atoms with Gasteiger partial charge in [-0.05, 0) is 47.5 Å². The number of rotatable bonds is 7. The third kappa shape index (κ3) is 4.96. The molecule has 0 radical (unpaired) electrons. The molecule has 3 rings (SSSR count). The minimum atomic E-state index is -0.586. The van der Waals surface area contributed by atoms with Crippen molar-refractivity contribution in [2.45, 2.75) is 0 Å². The average Bonchev–Trinajstić information content (AvgIpc) is 2.77. The van der Waals surface area contributed by atoms with Crippen molar-refractivity contribution >= 4 is 11.8 Å². The number of hydrogen-bond acceptors (Lipinski definition) is 4. The van der Waals surface area contributed by atoms with E-state index in [1.54, 1.807) is 29.7 Å². The van der Waals surface area contributed by atoms with Crippen LogP contribution in [0.2, 0.25) is 0 Å². The number of benzene rings is 3. The number of hydrogen-bond donors (Lipinski definition) is 3. The molecule has 0 spiro atoms. The second-order valence-electron chi connectivity index (χ2n) is 6.01. The molecule has 3 aromatic rings. The van der Waals surface area contributed by atoms with Crippen LogP contribution < -0.4 is 15.5 Å². The van der Waals surface area contributed by atoms with Crippen LogP contribution in [0.1, 0.15) is 20.7 Å². The smallest absolute Gasteiger partial charge is 0.274 e. The summed E-state index contributed by atoms with van der Waals surface area (Å²) < 4.78 is 5.53. The Morgan fingerprint density at radius 3 is 1.96 bits per heavy atom. The lowest BCUT2D eigenvalue weighted by molar-refractivity contribution is 0.0706. The predicted molar refractivity (Wildman–Crippen MR) is 105 cm³/mol. The van der Waals surface area contributed by atoms with Crippen molar-refractivity contribution in [3.05, 3.63) is 90.0 Å². The van der Waals surface area contributed by atoms with E-state index >= 15 is 0 Å². The van der Waals surface area contributed by atoms with E-state index in [-0.39, 0.29) is 5.91 Å². The summed E-state index contributed by atoms with van der Waals surface area (Å²) in [6, 6.07) is 23.7. The first-order chi connectivity index (χ1) is 13.7. The molecule has 0 aromatic heterocycles. The summed E-state index contributed by atoms with van der Waals surface area (Å²) >= 11 is 0. The Bertz CT molecular complexity index is 923. The lowest BCUT2D eigenvalue weighted by Gasteiger charge is -2.09. The summed E-state index contributed by atoms with van der Waals surface area (Å²) in [6.45, 7) is 0.636. The van der Waals surface area contributed by atoms with Crippen LogP contribution in [0.25, 0.3) is 11.1 Å². The van der Waals surface area contributed by atoms with E-state index in [1.165, 1.54) is 12.1 Å². The maximum Gasteiger partial charge on any atom is 0.274 e. The van der Waals surface area contributed by atoms with Gasteiger partial charge in [0.05, 0.1) is 6.54 Å². The molecule has 0 saturated carbocycles. The van der Waals surface area contributed by atoms with Crippen molar-refractivity contribution in [2.75, 3.05) is 13.2 Å². The molecule has 3 aromatic carbocycles. The van der Waals surface area contributed by atoms with Crippen LogP contribution in [0.3, 0.4) is 0 Å². The topological polar surface area (TPSA) is 87.7 Å². The maximum atomic E-state index is 12.2. The van der Waals surface area contributed by atoms with Gasteiger partial charge in [-0.3, -0.25) is 14.8 Å². The maximum absolute atomic E-state index is 12.2. The van der Waals surface area contributed by atoms with Gasteiger partial charge in [-0.25, -0.2) is 5.48 Å². The van der Waals surface area contributed by atoms with Crippen LogP contribution in [0.5, 0.6) is 5.75 Å². The first-order valence-corrected chi connectivity index (χ1v) is 8.78. The van der Waals surface area contributed by atoms with Crippen molar-refractivity contribution in [3.63, 3.8) is 0 Å². The van der Waals surface area contributed by atoms with Crippen molar-refractivity contribution < 1.29 is 19.5 Å². The van der Waals surface area contributed by atoms with Gasteiger partial charge in [0.15, 0.2) is 0 Å². The molecule has 6 nitrogen and oxygen atoms in total. The Morgan fingerprint density at radius 1 is 0.750 bits per heavy atom. The molecule has 0 unspecified atom stereocenters. The second-order valence-corrected chi connectivity index (χ2v) is 6.01. The first kappa shape index (κ1) is 19.1. The Morgan fingerprint density at radius 2 is 1.32 bits per heavy atom. The number of carbonyl (C=O) groups excluding carboxylic acids is 2. The molecule has 3 N–H and O–H groups in total. The van der Waals surface area contributed by atoms with Crippen LogP contribution in [0.4, 0.5) is 0 Å². The Balaban J connectivity index is 1.46.